The van der Waals surface area contributed by atoms with Gasteiger partial charge in [-0.25, -0.2) is 14.8 Å². The van der Waals surface area contributed by atoms with E-state index in [-0.39, 0.29) is 41.2 Å². The molecule has 1 aromatic heterocycles. The van der Waals surface area contributed by atoms with Crippen LogP contribution in [0.4, 0.5) is 16.4 Å². The van der Waals surface area contributed by atoms with E-state index in [2.05, 4.69) is 25.6 Å². The number of rotatable bonds is 9. The van der Waals surface area contributed by atoms with Crippen LogP contribution < -0.4 is 37.3 Å². The number of aromatic nitrogens is 2. The Kier molecular flexibility index (Phi) is 8.94. The first-order valence-electron chi connectivity index (χ1n) is 9.55. The van der Waals surface area contributed by atoms with Gasteiger partial charge in [-0.15, -0.1) is 0 Å². The van der Waals surface area contributed by atoms with Crippen molar-refractivity contribution in [2.24, 2.45) is 10.7 Å². The first-order valence-corrected chi connectivity index (χ1v) is 9.93. The van der Waals surface area contributed by atoms with E-state index in [0.717, 1.165) is 24.2 Å². The van der Waals surface area contributed by atoms with Crippen molar-refractivity contribution < 1.29 is 14.3 Å². The number of ether oxygens (including phenoxy) is 2. The Labute approximate surface area is 185 Å². The lowest BCUT2D eigenvalue weighted by atomic mass is 10.1. The van der Waals surface area contributed by atoms with Gasteiger partial charge in [0.15, 0.2) is 22.7 Å². The molecule has 12 heteroatoms. The Morgan fingerprint density at radius 2 is 1.94 bits per heavy atom. The normalized spacial score (nSPS) is 12.2. The summed E-state index contributed by atoms with van der Waals surface area (Å²) in [6.45, 7) is 2.67. The second kappa shape index (κ2) is 11.6. The Morgan fingerprint density at radius 1 is 1.23 bits per heavy atom. The Hall–Kier alpha value is -3.47. The molecule has 1 amide bonds. The number of anilines is 2. The van der Waals surface area contributed by atoms with Gasteiger partial charge in [0.05, 0.1) is 13.7 Å². The molecule has 0 saturated heterocycles. The smallest absolute Gasteiger partial charge is 0.414 e. The largest absolute Gasteiger partial charge is 0.497 e. The third-order valence-corrected chi connectivity index (χ3v) is 4.41. The van der Waals surface area contributed by atoms with E-state index in [1.54, 1.807) is 7.11 Å². The molecule has 0 aliphatic heterocycles. The maximum Gasteiger partial charge on any atom is 0.414 e. The molecule has 0 aliphatic rings. The summed E-state index contributed by atoms with van der Waals surface area (Å²) >= 11 is 5.78. The van der Waals surface area contributed by atoms with Crippen LogP contribution in [0.5, 0.6) is 11.6 Å². The van der Waals surface area contributed by atoms with Crippen molar-refractivity contribution in [3.8, 4) is 11.6 Å². The Morgan fingerprint density at radius 3 is 2.58 bits per heavy atom. The van der Waals surface area contributed by atoms with Gasteiger partial charge in [0.1, 0.15) is 5.75 Å². The molecule has 168 valence electrons. The molecule has 8 N–H and O–H groups in total. The maximum atomic E-state index is 12.1. The Balaban J connectivity index is 1.88. The standard InChI is InChI=1S/C19H27ClN8O3/c1-3-4-12(26-18(23)24-9-11-5-7-13(30-2)8-6-11)10-25-19(29)31-17-16(22)28-15(21)14(20)27-17/h5-8,12H,3-4,9-10H2,1-2H3,(H,25,29)(H4,21,22,28)(H3,23,24,26)/t12-/m0/s1. The van der Waals surface area contributed by atoms with Gasteiger partial charge in [0.2, 0.25) is 0 Å². The van der Waals surface area contributed by atoms with Gasteiger partial charge in [0.25, 0.3) is 5.88 Å². The molecular weight excluding hydrogens is 424 g/mol. The number of nitrogens with one attached hydrogen (secondary N) is 2. The van der Waals surface area contributed by atoms with Gasteiger partial charge in [-0.2, -0.15) is 4.98 Å². The minimum absolute atomic E-state index is 0.0523. The molecule has 11 nitrogen and oxygen atoms in total. The fourth-order valence-electron chi connectivity index (χ4n) is 2.57. The molecule has 0 fully saturated rings. The summed E-state index contributed by atoms with van der Waals surface area (Å²) in [7, 11) is 1.61. The number of guanidine groups is 1. The van der Waals surface area contributed by atoms with Gasteiger partial charge in [0, 0.05) is 12.6 Å². The summed E-state index contributed by atoms with van der Waals surface area (Å²) in [6.07, 6.45) is 0.847. The van der Waals surface area contributed by atoms with Crippen LogP contribution in [0.3, 0.4) is 0 Å². The van der Waals surface area contributed by atoms with Crippen molar-refractivity contribution in [3.63, 3.8) is 0 Å². The van der Waals surface area contributed by atoms with E-state index < -0.39 is 6.09 Å². The van der Waals surface area contributed by atoms with Gasteiger partial charge >= 0.3 is 6.09 Å². The van der Waals surface area contributed by atoms with Crippen molar-refractivity contribution in [1.29, 1.82) is 0 Å². The number of benzene rings is 1. The van der Waals surface area contributed by atoms with Crippen LogP contribution in [-0.2, 0) is 6.54 Å². The van der Waals surface area contributed by atoms with Crippen molar-refractivity contribution in [3.05, 3.63) is 35.0 Å². The van der Waals surface area contributed by atoms with Crippen molar-refractivity contribution in [1.82, 2.24) is 20.6 Å². The van der Waals surface area contributed by atoms with Gasteiger partial charge < -0.3 is 37.3 Å². The molecule has 0 aliphatic carbocycles. The number of nitrogens with zero attached hydrogens (tertiary/aromatic N) is 3. The summed E-state index contributed by atoms with van der Waals surface area (Å²) in [5.74, 6) is 0.620. The third kappa shape index (κ3) is 7.70. The Bertz CT molecular complexity index is 908. The van der Waals surface area contributed by atoms with E-state index in [1.807, 2.05) is 31.2 Å². The summed E-state index contributed by atoms with van der Waals surface area (Å²) in [5.41, 5.74) is 18.1. The fraction of sp³-hybridized carbons (Fsp3) is 0.368. The number of nitrogens with two attached hydrogens (primary N) is 3. The molecule has 2 rings (SSSR count). The van der Waals surface area contributed by atoms with E-state index in [4.69, 9.17) is 38.3 Å². The molecule has 1 heterocycles. The number of hydrogen-bond acceptors (Lipinski definition) is 8. The third-order valence-electron chi connectivity index (χ3n) is 4.13. The summed E-state index contributed by atoms with van der Waals surface area (Å²) in [4.78, 5) is 24.0. The van der Waals surface area contributed by atoms with Gasteiger partial charge in [-0.05, 0) is 24.1 Å². The molecule has 0 unspecified atom stereocenters. The highest BCUT2D eigenvalue weighted by atomic mass is 35.5. The summed E-state index contributed by atoms with van der Waals surface area (Å²) in [5, 5.41) is 5.62. The average molecular weight is 451 g/mol. The second-order valence-corrected chi connectivity index (χ2v) is 6.90. The lowest BCUT2D eigenvalue weighted by Crippen LogP contribution is -2.47. The van der Waals surface area contributed by atoms with Crippen molar-refractivity contribution >= 4 is 35.3 Å². The number of amides is 1. The lowest BCUT2D eigenvalue weighted by Gasteiger charge is -2.19. The molecule has 0 radical (unpaired) electrons. The van der Waals surface area contributed by atoms with Crippen LogP contribution in [0.25, 0.3) is 0 Å². The first-order chi connectivity index (χ1) is 14.8. The SMILES string of the molecule is CCC[C@@H](CNC(=O)Oc1nc(Cl)c(N)nc1N)NC(N)=NCc1ccc(OC)cc1. The number of aliphatic imine (C=N–C) groups is 1. The van der Waals surface area contributed by atoms with Crippen LogP contribution in [-0.4, -0.2) is 41.7 Å². The maximum absolute atomic E-state index is 12.1. The highest BCUT2D eigenvalue weighted by Gasteiger charge is 2.15. The number of carbonyl (C=O) groups excluding carboxylic acids is 1. The van der Waals surface area contributed by atoms with Crippen LogP contribution in [0.1, 0.15) is 25.3 Å². The van der Waals surface area contributed by atoms with Crippen molar-refractivity contribution in [2.45, 2.75) is 32.4 Å². The minimum Gasteiger partial charge on any atom is -0.497 e. The molecule has 0 spiro atoms. The van der Waals surface area contributed by atoms with Crippen LogP contribution in [0.2, 0.25) is 5.15 Å². The molecular formula is C19H27ClN8O3. The zero-order valence-corrected chi connectivity index (χ0v) is 18.1. The van der Waals surface area contributed by atoms with Crippen LogP contribution >= 0.6 is 11.6 Å². The molecule has 1 atom stereocenters. The average Bonchev–Trinajstić information content (AvgIpc) is 2.75. The summed E-state index contributed by atoms with van der Waals surface area (Å²) < 4.78 is 10.2. The number of carbonyl (C=O) groups is 1. The lowest BCUT2D eigenvalue weighted by molar-refractivity contribution is 0.197. The van der Waals surface area contributed by atoms with Crippen LogP contribution in [0, 0.1) is 0 Å². The monoisotopic (exact) mass is 450 g/mol. The number of methoxy groups -OCH3 is 1. The van der Waals surface area contributed by atoms with E-state index in [0.29, 0.717) is 6.54 Å². The predicted octanol–water partition coefficient (Wildman–Crippen LogP) is 1.66. The molecule has 31 heavy (non-hydrogen) atoms. The number of hydrogen-bond donors (Lipinski definition) is 5. The van der Waals surface area contributed by atoms with E-state index in [9.17, 15) is 4.79 Å². The zero-order chi connectivity index (χ0) is 22.8. The van der Waals surface area contributed by atoms with E-state index >= 15 is 0 Å². The second-order valence-electron chi connectivity index (χ2n) is 6.54. The van der Waals surface area contributed by atoms with Gasteiger partial charge in [-0.3, -0.25) is 0 Å². The van der Waals surface area contributed by atoms with Crippen molar-refractivity contribution in [2.75, 3.05) is 25.1 Å². The quantitative estimate of drug-likeness (QED) is 0.281. The summed E-state index contributed by atoms with van der Waals surface area (Å²) in [6, 6.07) is 7.38. The molecule has 0 saturated carbocycles. The topological polar surface area (TPSA) is 176 Å². The first kappa shape index (κ1) is 23.8. The van der Waals surface area contributed by atoms with Gasteiger partial charge in [-0.1, -0.05) is 37.1 Å². The number of nitrogen functional groups attached to an aromatic ring is 2. The number of halogens is 1. The minimum atomic E-state index is -0.765. The molecule has 2 aromatic rings. The highest BCUT2D eigenvalue weighted by Crippen LogP contribution is 2.23. The zero-order valence-electron chi connectivity index (χ0n) is 17.4. The predicted molar refractivity (Wildman–Crippen MR) is 120 cm³/mol. The fourth-order valence-corrected chi connectivity index (χ4v) is 2.69. The van der Waals surface area contributed by atoms with E-state index in [1.165, 1.54) is 0 Å². The highest BCUT2D eigenvalue weighted by molar-refractivity contribution is 6.31. The molecule has 0 bridgehead atoms. The molecule has 1 aromatic carbocycles. The van der Waals surface area contributed by atoms with Crippen LogP contribution in [0.15, 0.2) is 29.3 Å².